The Morgan fingerprint density at radius 3 is 2.50 bits per heavy atom. The molecular formula is C17H27N. The van der Waals surface area contributed by atoms with Crippen molar-refractivity contribution in [2.24, 2.45) is 5.92 Å². The van der Waals surface area contributed by atoms with E-state index in [0.717, 1.165) is 18.9 Å². The van der Waals surface area contributed by atoms with Gasteiger partial charge in [0.15, 0.2) is 0 Å². The number of hydrogen-bond acceptors (Lipinski definition) is 1. The van der Waals surface area contributed by atoms with Crippen molar-refractivity contribution < 1.29 is 0 Å². The third-order valence-corrected chi connectivity index (χ3v) is 4.15. The van der Waals surface area contributed by atoms with Crippen molar-refractivity contribution in [2.45, 2.75) is 58.3 Å². The van der Waals surface area contributed by atoms with E-state index in [0.29, 0.717) is 0 Å². The average Bonchev–Trinajstić information content (AvgIpc) is 2.38. The lowest BCUT2D eigenvalue weighted by Crippen LogP contribution is -2.15. The average molecular weight is 245 g/mol. The van der Waals surface area contributed by atoms with Crippen LogP contribution in [0.15, 0.2) is 24.3 Å². The van der Waals surface area contributed by atoms with Crippen molar-refractivity contribution in [3.05, 3.63) is 29.8 Å². The summed E-state index contributed by atoms with van der Waals surface area (Å²) in [7, 11) is 0. The van der Waals surface area contributed by atoms with Gasteiger partial charge in [-0.15, -0.1) is 0 Å². The fourth-order valence-electron chi connectivity index (χ4n) is 2.91. The summed E-state index contributed by atoms with van der Waals surface area (Å²) < 4.78 is 0. The second-order valence-corrected chi connectivity index (χ2v) is 5.65. The number of aryl methyl sites for hydroxylation is 1. The van der Waals surface area contributed by atoms with Crippen LogP contribution in [0.3, 0.4) is 0 Å². The first kappa shape index (κ1) is 13.5. The van der Waals surface area contributed by atoms with E-state index in [-0.39, 0.29) is 0 Å². The summed E-state index contributed by atoms with van der Waals surface area (Å²) >= 11 is 0. The van der Waals surface area contributed by atoms with Crippen molar-refractivity contribution in [3.8, 4) is 0 Å². The monoisotopic (exact) mass is 245 g/mol. The van der Waals surface area contributed by atoms with Gasteiger partial charge < -0.3 is 5.32 Å². The Labute approximate surface area is 112 Å². The molecule has 0 heterocycles. The number of hydrogen-bond donors (Lipinski definition) is 1. The molecule has 1 aromatic rings. The minimum Gasteiger partial charge on any atom is -0.385 e. The Hall–Kier alpha value is -0.980. The van der Waals surface area contributed by atoms with Gasteiger partial charge in [-0.05, 0) is 42.9 Å². The van der Waals surface area contributed by atoms with E-state index < -0.39 is 0 Å². The molecule has 0 atom stereocenters. The molecule has 0 saturated heterocycles. The Bertz CT molecular complexity index is 337. The zero-order chi connectivity index (χ0) is 12.6. The van der Waals surface area contributed by atoms with Crippen LogP contribution in [0.4, 0.5) is 5.69 Å². The topological polar surface area (TPSA) is 12.0 Å². The molecule has 0 aromatic heterocycles. The summed E-state index contributed by atoms with van der Waals surface area (Å²) in [6.45, 7) is 3.38. The second-order valence-electron chi connectivity index (χ2n) is 5.65. The normalized spacial score (nSPS) is 18.1. The maximum atomic E-state index is 3.64. The Balaban J connectivity index is 1.81. The highest BCUT2D eigenvalue weighted by Crippen LogP contribution is 2.23. The molecule has 1 fully saturated rings. The highest BCUT2D eigenvalue weighted by Gasteiger charge is 2.10. The van der Waals surface area contributed by atoms with Crippen LogP contribution in [0, 0.1) is 5.92 Å². The molecule has 1 aromatic carbocycles. The zero-order valence-corrected chi connectivity index (χ0v) is 11.8. The van der Waals surface area contributed by atoms with Gasteiger partial charge in [0.1, 0.15) is 0 Å². The fourth-order valence-corrected chi connectivity index (χ4v) is 2.91. The van der Waals surface area contributed by atoms with Crippen molar-refractivity contribution in [3.63, 3.8) is 0 Å². The lowest BCUT2D eigenvalue weighted by Gasteiger charge is -2.20. The van der Waals surface area contributed by atoms with Gasteiger partial charge in [0.05, 0.1) is 0 Å². The largest absolute Gasteiger partial charge is 0.385 e. The van der Waals surface area contributed by atoms with E-state index >= 15 is 0 Å². The van der Waals surface area contributed by atoms with Gasteiger partial charge >= 0.3 is 0 Å². The Morgan fingerprint density at radius 1 is 1.06 bits per heavy atom. The van der Waals surface area contributed by atoms with Crippen LogP contribution in [0.25, 0.3) is 0 Å². The van der Waals surface area contributed by atoms with Crippen molar-refractivity contribution in [1.82, 2.24) is 0 Å². The van der Waals surface area contributed by atoms with Crippen LogP contribution in [0.1, 0.15) is 57.4 Å². The molecule has 0 bridgehead atoms. The van der Waals surface area contributed by atoms with E-state index in [4.69, 9.17) is 0 Å². The molecule has 0 amide bonds. The summed E-state index contributed by atoms with van der Waals surface area (Å²) in [6, 6.07) is 8.87. The number of rotatable bonds is 4. The predicted molar refractivity (Wildman–Crippen MR) is 80.1 cm³/mol. The van der Waals surface area contributed by atoms with Gasteiger partial charge in [0, 0.05) is 12.2 Å². The zero-order valence-electron chi connectivity index (χ0n) is 11.8. The first-order valence-electron chi connectivity index (χ1n) is 7.71. The highest BCUT2D eigenvalue weighted by atomic mass is 14.9. The first-order valence-corrected chi connectivity index (χ1v) is 7.71. The molecule has 2 rings (SSSR count). The van der Waals surface area contributed by atoms with Crippen LogP contribution in [0.5, 0.6) is 0 Å². The lowest BCUT2D eigenvalue weighted by molar-refractivity contribution is 0.392. The smallest absolute Gasteiger partial charge is 0.0342 e. The highest BCUT2D eigenvalue weighted by molar-refractivity contribution is 5.45. The molecule has 1 N–H and O–H groups in total. The maximum absolute atomic E-state index is 3.64. The van der Waals surface area contributed by atoms with E-state index in [2.05, 4.69) is 36.5 Å². The summed E-state index contributed by atoms with van der Waals surface area (Å²) in [4.78, 5) is 0. The van der Waals surface area contributed by atoms with E-state index in [9.17, 15) is 0 Å². The summed E-state index contributed by atoms with van der Waals surface area (Å²) in [5.41, 5.74) is 2.73. The van der Waals surface area contributed by atoms with Crippen molar-refractivity contribution in [2.75, 3.05) is 11.9 Å². The minimum atomic E-state index is 0.885. The quantitative estimate of drug-likeness (QED) is 0.785. The van der Waals surface area contributed by atoms with Crippen LogP contribution >= 0.6 is 0 Å². The lowest BCUT2D eigenvalue weighted by atomic mass is 9.91. The molecule has 0 aliphatic heterocycles. The minimum absolute atomic E-state index is 0.885. The Morgan fingerprint density at radius 2 is 1.78 bits per heavy atom. The van der Waals surface area contributed by atoms with Crippen LogP contribution in [-0.4, -0.2) is 6.54 Å². The second kappa shape index (κ2) is 7.45. The van der Waals surface area contributed by atoms with Gasteiger partial charge in [-0.25, -0.2) is 0 Å². The molecule has 0 radical (unpaired) electrons. The summed E-state index contributed by atoms with van der Waals surface area (Å²) in [5, 5.41) is 3.64. The molecule has 0 unspecified atom stereocenters. The third kappa shape index (κ3) is 4.36. The van der Waals surface area contributed by atoms with E-state index in [1.54, 1.807) is 0 Å². The van der Waals surface area contributed by atoms with Gasteiger partial charge in [-0.3, -0.25) is 0 Å². The van der Waals surface area contributed by atoms with Crippen LogP contribution in [-0.2, 0) is 6.42 Å². The first-order chi connectivity index (χ1) is 8.88. The SMILES string of the molecule is CCc1cccc(NCC2CCCCCCC2)c1. The van der Waals surface area contributed by atoms with Gasteiger partial charge in [-0.2, -0.15) is 0 Å². The molecule has 1 nitrogen and oxygen atoms in total. The van der Waals surface area contributed by atoms with Crippen LogP contribution in [0.2, 0.25) is 0 Å². The number of anilines is 1. The molecule has 1 saturated carbocycles. The molecular weight excluding hydrogens is 218 g/mol. The Kier molecular flexibility index (Phi) is 5.57. The maximum Gasteiger partial charge on any atom is 0.0342 e. The predicted octanol–water partition coefficient (Wildman–Crippen LogP) is 5.02. The fraction of sp³-hybridized carbons (Fsp3) is 0.647. The molecule has 18 heavy (non-hydrogen) atoms. The summed E-state index contributed by atoms with van der Waals surface area (Å²) in [5.74, 6) is 0.885. The van der Waals surface area contributed by atoms with Crippen molar-refractivity contribution >= 4 is 5.69 Å². The van der Waals surface area contributed by atoms with Gasteiger partial charge in [0.2, 0.25) is 0 Å². The van der Waals surface area contributed by atoms with E-state index in [1.807, 2.05) is 0 Å². The third-order valence-electron chi connectivity index (χ3n) is 4.15. The molecule has 0 spiro atoms. The molecule has 1 aliphatic carbocycles. The molecule has 1 aliphatic rings. The summed E-state index contributed by atoms with van der Waals surface area (Å²) in [6.07, 6.45) is 11.2. The van der Waals surface area contributed by atoms with Gasteiger partial charge in [0.25, 0.3) is 0 Å². The van der Waals surface area contributed by atoms with E-state index in [1.165, 1.54) is 56.2 Å². The number of nitrogens with one attached hydrogen (secondary N) is 1. The standard InChI is InChI=1S/C17H27N/c1-2-15-11-8-12-17(13-15)18-14-16-9-6-4-3-5-7-10-16/h8,11-13,16,18H,2-7,9-10,14H2,1H3. The molecule has 1 heteroatoms. The van der Waals surface area contributed by atoms with Crippen molar-refractivity contribution in [1.29, 1.82) is 0 Å². The van der Waals surface area contributed by atoms with Gasteiger partial charge in [-0.1, -0.05) is 51.2 Å². The molecule has 100 valence electrons. The number of benzene rings is 1. The van der Waals surface area contributed by atoms with Crippen LogP contribution < -0.4 is 5.32 Å².